The molecule has 4 rings (SSSR count). The zero-order chi connectivity index (χ0) is 28.5. The number of hydrogen-bond donors (Lipinski definition) is 3. The first-order valence-electron chi connectivity index (χ1n) is 11.4. The molecule has 39 heavy (non-hydrogen) atoms. The highest BCUT2D eigenvalue weighted by molar-refractivity contribution is 6.09. The van der Waals surface area contributed by atoms with E-state index in [0.717, 1.165) is 4.57 Å². The molecule has 206 valence electrons. The third-order valence-corrected chi connectivity index (χ3v) is 6.30. The highest BCUT2D eigenvalue weighted by Crippen LogP contribution is 2.45. The van der Waals surface area contributed by atoms with Gasteiger partial charge in [0.15, 0.2) is 11.5 Å². The number of carbonyl (C=O) groups is 2. The van der Waals surface area contributed by atoms with Crippen molar-refractivity contribution in [2.75, 3.05) is 26.6 Å². The van der Waals surface area contributed by atoms with Gasteiger partial charge in [-0.05, 0) is 48.4 Å². The van der Waals surface area contributed by atoms with Gasteiger partial charge in [-0.25, -0.2) is 4.79 Å². The summed E-state index contributed by atoms with van der Waals surface area (Å²) in [5.74, 6) is -2.50. The number of H-pyrrole nitrogens is 1. The lowest BCUT2D eigenvalue weighted by Crippen LogP contribution is -2.62. The Morgan fingerprint density at radius 2 is 1.64 bits per heavy atom. The van der Waals surface area contributed by atoms with Gasteiger partial charge in [-0.15, -0.1) is 0 Å². The first kappa shape index (κ1) is 27.3. The Labute approximate surface area is 218 Å². The number of benzene rings is 2. The van der Waals surface area contributed by atoms with Crippen molar-refractivity contribution < 1.29 is 37.0 Å². The number of carbonyl (C=O) groups excluding carboxylic acids is 2. The summed E-state index contributed by atoms with van der Waals surface area (Å²) in [6.07, 6.45) is -5.35. The predicted molar refractivity (Wildman–Crippen MR) is 131 cm³/mol. The van der Waals surface area contributed by atoms with E-state index in [1.165, 1.54) is 45.6 Å². The zero-order valence-electron chi connectivity index (χ0n) is 20.9. The van der Waals surface area contributed by atoms with Gasteiger partial charge < -0.3 is 24.8 Å². The molecular weight excluding hydrogens is 525 g/mol. The third kappa shape index (κ3) is 4.69. The van der Waals surface area contributed by atoms with E-state index < -0.39 is 46.2 Å². The van der Waals surface area contributed by atoms with Crippen LogP contribution in [0.5, 0.6) is 17.2 Å². The molecule has 0 unspecified atom stereocenters. The standard InChI is InChI=1S/C25H23F3N4O7/c1-37-15-7-5-14(6-8-15)20(33)31-24(25(26,27)28)18-19(29-22(24)35)32(23(36)30-21(18)34)11-10-13-4-9-16(38-2)17(12-13)39-3/h4-9,12H,10-11H2,1-3H3,(H,29,35)(H,31,33)(H,30,34,36)/t24-/m0/s1. The summed E-state index contributed by atoms with van der Waals surface area (Å²) in [5.41, 5.74) is -7.01. The zero-order valence-corrected chi connectivity index (χ0v) is 20.9. The number of alkyl halides is 3. The molecule has 1 aromatic heterocycles. The van der Waals surface area contributed by atoms with E-state index in [4.69, 9.17) is 14.2 Å². The van der Waals surface area contributed by atoms with Crippen LogP contribution in [0.3, 0.4) is 0 Å². The van der Waals surface area contributed by atoms with Crippen LogP contribution in [-0.2, 0) is 23.3 Å². The number of nitrogens with one attached hydrogen (secondary N) is 3. The molecule has 14 heteroatoms. The second kappa shape index (κ2) is 10.2. The monoisotopic (exact) mass is 548 g/mol. The Morgan fingerprint density at radius 1 is 0.974 bits per heavy atom. The highest BCUT2D eigenvalue weighted by atomic mass is 19.4. The minimum atomic E-state index is -5.46. The largest absolute Gasteiger partial charge is 0.497 e. The minimum absolute atomic E-state index is 0.103. The van der Waals surface area contributed by atoms with Crippen LogP contribution in [0.2, 0.25) is 0 Å². The highest BCUT2D eigenvalue weighted by Gasteiger charge is 2.68. The first-order chi connectivity index (χ1) is 18.5. The summed E-state index contributed by atoms with van der Waals surface area (Å²) in [6, 6.07) is 9.96. The number of hydrogen-bond acceptors (Lipinski definition) is 7. The average Bonchev–Trinajstić information content (AvgIpc) is 3.21. The van der Waals surface area contributed by atoms with Crippen molar-refractivity contribution in [1.82, 2.24) is 14.9 Å². The number of amides is 2. The van der Waals surface area contributed by atoms with E-state index in [9.17, 15) is 32.3 Å². The molecule has 0 saturated heterocycles. The number of ether oxygens (including phenoxy) is 3. The fourth-order valence-electron chi connectivity index (χ4n) is 4.30. The number of nitrogens with zero attached hydrogens (tertiary/aromatic N) is 1. The van der Waals surface area contributed by atoms with Crippen molar-refractivity contribution in [2.24, 2.45) is 0 Å². The van der Waals surface area contributed by atoms with Gasteiger partial charge in [0.1, 0.15) is 17.1 Å². The number of aryl methyl sites for hydroxylation is 1. The lowest BCUT2D eigenvalue weighted by molar-refractivity contribution is -0.196. The van der Waals surface area contributed by atoms with Crippen molar-refractivity contribution in [3.8, 4) is 17.2 Å². The van der Waals surface area contributed by atoms with Crippen LogP contribution >= 0.6 is 0 Å². The number of rotatable bonds is 8. The molecule has 1 aliphatic heterocycles. The molecule has 0 saturated carbocycles. The lowest BCUT2D eigenvalue weighted by Gasteiger charge is -2.30. The maximum atomic E-state index is 14.6. The van der Waals surface area contributed by atoms with E-state index in [2.05, 4.69) is 0 Å². The summed E-state index contributed by atoms with van der Waals surface area (Å²) in [4.78, 5) is 53.1. The number of anilines is 1. The van der Waals surface area contributed by atoms with Gasteiger partial charge in [0, 0.05) is 12.1 Å². The molecule has 2 aromatic carbocycles. The summed E-state index contributed by atoms with van der Waals surface area (Å²) < 4.78 is 60.0. The van der Waals surface area contributed by atoms with Crippen LogP contribution < -0.4 is 36.1 Å². The van der Waals surface area contributed by atoms with Crippen LogP contribution in [0.25, 0.3) is 0 Å². The van der Waals surface area contributed by atoms with Gasteiger partial charge in [-0.1, -0.05) is 6.07 Å². The smallest absolute Gasteiger partial charge is 0.425 e. The summed E-state index contributed by atoms with van der Waals surface area (Å²) >= 11 is 0. The van der Waals surface area contributed by atoms with E-state index >= 15 is 0 Å². The number of methoxy groups -OCH3 is 3. The Morgan fingerprint density at radius 3 is 2.23 bits per heavy atom. The first-order valence-corrected chi connectivity index (χ1v) is 11.4. The molecule has 2 amide bonds. The molecule has 11 nitrogen and oxygen atoms in total. The number of aromatic nitrogens is 2. The molecule has 0 spiro atoms. The van der Waals surface area contributed by atoms with Crippen molar-refractivity contribution in [3.05, 3.63) is 80.0 Å². The lowest BCUT2D eigenvalue weighted by atomic mass is 9.91. The van der Waals surface area contributed by atoms with E-state index in [0.29, 0.717) is 22.8 Å². The second-order valence-corrected chi connectivity index (χ2v) is 8.46. The molecule has 1 aliphatic rings. The van der Waals surface area contributed by atoms with Gasteiger partial charge in [0.05, 0.1) is 21.3 Å². The van der Waals surface area contributed by atoms with Crippen molar-refractivity contribution in [1.29, 1.82) is 0 Å². The van der Waals surface area contributed by atoms with Crippen molar-refractivity contribution in [2.45, 2.75) is 24.7 Å². The molecule has 0 radical (unpaired) electrons. The maximum absolute atomic E-state index is 14.6. The molecule has 0 fully saturated rings. The number of aromatic amines is 1. The third-order valence-electron chi connectivity index (χ3n) is 6.30. The molecule has 3 aromatic rings. The van der Waals surface area contributed by atoms with Crippen LogP contribution in [-0.4, -0.2) is 48.9 Å². The molecule has 1 atom stereocenters. The molecule has 0 aliphatic carbocycles. The SMILES string of the molecule is COc1ccc(C(=O)N[C@]2(C(F)(F)F)C(=O)Nc3c2c(=O)[nH]c(=O)n3CCc2ccc(OC)c(OC)c2)cc1. The van der Waals surface area contributed by atoms with E-state index in [-0.39, 0.29) is 18.5 Å². The molecular formula is C25H23F3N4O7. The Hall–Kier alpha value is -4.75. The van der Waals surface area contributed by atoms with E-state index in [1.807, 2.05) is 10.3 Å². The minimum Gasteiger partial charge on any atom is -0.497 e. The predicted octanol–water partition coefficient (Wildman–Crippen LogP) is 1.94. The quantitative estimate of drug-likeness (QED) is 0.391. The molecule has 2 heterocycles. The van der Waals surface area contributed by atoms with Crippen molar-refractivity contribution in [3.63, 3.8) is 0 Å². The molecule has 3 N–H and O–H groups in total. The Kier molecular flexibility index (Phi) is 7.13. The van der Waals surface area contributed by atoms with Gasteiger partial charge in [-0.2, -0.15) is 13.2 Å². The number of fused-ring (bicyclic) bond motifs is 1. The second-order valence-electron chi connectivity index (χ2n) is 8.46. The fraction of sp³-hybridized carbons (Fsp3) is 0.280. The normalized spacial score (nSPS) is 16.3. The Bertz CT molecular complexity index is 1550. The Balaban J connectivity index is 1.77. The van der Waals surface area contributed by atoms with Gasteiger partial charge in [0.2, 0.25) is 0 Å². The van der Waals surface area contributed by atoms with Crippen LogP contribution in [0.4, 0.5) is 19.0 Å². The van der Waals surface area contributed by atoms with Gasteiger partial charge >= 0.3 is 11.9 Å². The number of halogens is 3. The van der Waals surface area contributed by atoms with Crippen LogP contribution in [0.15, 0.2) is 52.1 Å². The summed E-state index contributed by atoms with van der Waals surface area (Å²) in [5, 5.41) is 3.70. The summed E-state index contributed by atoms with van der Waals surface area (Å²) in [6.45, 7) is -0.228. The summed E-state index contributed by atoms with van der Waals surface area (Å²) in [7, 11) is 4.24. The van der Waals surface area contributed by atoms with Gasteiger partial charge in [0.25, 0.3) is 22.9 Å². The van der Waals surface area contributed by atoms with Crippen molar-refractivity contribution >= 4 is 17.6 Å². The van der Waals surface area contributed by atoms with E-state index in [1.54, 1.807) is 23.5 Å². The topological polar surface area (TPSA) is 141 Å². The van der Waals surface area contributed by atoms with Crippen LogP contribution in [0.1, 0.15) is 21.5 Å². The fourth-order valence-corrected chi connectivity index (χ4v) is 4.30. The average molecular weight is 548 g/mol. The van der Waals surface area contributed by atoms with Gasteiger partial charge in [-0.3, -0.25) is 23.9 Å². The molecule has 0 bridgehead atoms. The van der Waals surface area contributed by atoms with Crippen LogP contribution in [0, 0.1) is 0 Å². The maximum Gasteiger partial charge on any atom is 0.425 e.